The zero-order valence-electron chi connectivity index (χ0n) is 19.9. The molecule has 1 aliphatic heterocycles. The van der Waals surface area contributed by atoms with Crippen LogP contribution in [0.5, 0.6) is 11.5 Å². The summed E-state index contributed by atoms with van der Waals surface area (Å²) in [5, 5.41) is 2.99. The molecule has 1 fully saturated rings. The number of hydrogen-bond donors (Lipinski definition) is 1. The van der Waals surface area contributed by atoms with Gasteiger partial charge in [0.25, 0.3) is 0 Å². The molecule has 0 aromatic heterocycles. The van der Waals surface area contributed by atoms with E-state index in [0.717, 1.165) is 24.0 Å². The second kappa shape index (κ2) is 11.1. The molecule has 2 aromatic rings. The molecule has 3 rings (SSSR count). The number of hydrogen-bond acceptors (Lipinski definition) is 5. The number of carbonyl (C=O) groups excluding carboxylic acids is 2. The molecule has 7 heteroatoms. The summed E-state index contributed by atoms with van der Waals surface area (Å²) in [4.78, 5) is 26.7. The zero-order chi connectivity index (χ0) is 23.8. The summed E-state index contributed by atoms with van der Waals surface area (Å²) in [7, 11) is 1.60. The topological polar surface area (TPSA) is 77.1 Å². The van der Waals surface area contributed by atoms with E-state index >= 15 is 0 Å². The Labute approximate surface area is 196 Å². The van der Waals surface area contributed by atoms with Crippen molar-refractivity contribution >= 4 is 12.0 Å². The van der Waals surface area contributed by atoms with Crippen molar-refractivity contribution in [1.82, 2.24) is 10.2 Å². The van der Waals surface area contributed by atoms with Crippen molar-refractivity contribution in [2.75, 3.05) is 20.2 Å². The Morgan fingerprint density at radius 1 is 1.06 bits per heavy atom. The molecule has 0 bridgehead atoms. The number of rotatable bonds is 7. The first-order valence-corrected chi connectivity index (χ1v) is 11.3. The Morgan fingerprint density at radius 2 is 1.82 bits per heavy atom. The lowest BCUT2D eigenvalue weighted by atomic mass is 9.97. The lowest BCUT2D eigenvalue weighted by Gasteiger charge is -2.33. The Bertz CT molecular complexity index is 939. The fourth-order valence-corrected chi connectivity index (χ4v) is 3.69. The van der Waals surface area contributed by atoms with Gasteiger partial charge >= 0.3 is 6.09 Å². The zero-order valence-corrected chi connectivity index (χ0v) is 19.9. The third-order valence-electron chi connectivity index (χ3n) is 5.38. The molecular formula is C26H34N2O5. The largest absolute Gasteiger partial charge is 0.493 e. The SMILES string of the molecule is COc1cc(CNC(=O)C2CCCN(C(=O)OC(C)(C)C)C2)ccc1OCc1ccccc1. The fraction of sp³-hybridized carbons (Fsp3) is 0.462. The molecule has 33 heavy (non-hydrogen) atoms. The number of ether oxygens (including phenoxy) is 3. The first-order valence-electron chi connectivity index (χ1n) is 11.3. The predicted molar refractivity (Wildman–Crippen MR) is 126 cm³/mol. The fourth-order valence-electron chi connectivity index (χ4n) is 3.69. The molecule has 1 N–H and O–H groups in total. The summed E-state index contributed by atoms with van der Waals surface area (Å²) in [5.41, 5.74) is 1.43. The van der Waals surface area contributed by atoms with Crippen molar-refractivity contribution in [2.24, 2.45) is 5.92 Å². The summed E-state index contributed by atoms with van der Waals surface area (Å²) in [5.74, 6) is 0.955. The lowest BCUT2D eigenvalue weighted by Crippen LogP contribution is -2.46. The van der Waals surface area contributed by atoms with Gasteiger partial charge in [-0.05, 0) is 56.9 Å². The standard InChI is InChI=1S/C26H34N2O5/c1-26(2,3)33-25(30)28-14-8-11-21(17-28)24(29)27-16-20-12-13-22(23(15-20)31-4)32-18-19-9-6-5-7-10-19/h5-7,9-10,12-13,15,21H,8,11,14,16-18H2,1-4H3,(H,27,29). The quantitative estimate of drug-likeness (QED) is 0.665. The van der Waals surface area contributed by atoms with Crippen molar-refractivity contribution in [2.45, 2.75) is 52.4 Å². The first kappa shape index (κ1) is 24.4. The molecule has 2 aromatic carbocycles. The average molecular weight is 455 g/mol. The van der Waals surface area contributed by atoms with Crippen molar-refractivity contribution < 1.29 is 23.8 Å². The summed E-state index contributed by atoms with van der Waals surface area (Å²) < 4.78 is 16.8. The minimum atomic E-state index is -0.553. The molecule has 0 aliphatic carbocycles. The molecule has 0 saturated carbocycles. The molecule has 1 saturated heterocycles. The van der Waals surface area contributed by atoms with Gasteiger partial charge in [0.15, 0.2) is 11.5 Å². The van der Waals surface area contributed by atoms with Crippen LogP contribution < -0.4 is 14.8 Å². The number of piperidine rings is 1. The molecule has 1 atom stereocenters. The molecule has 0 spiro atoms. The molecule has 0 radical (unpaired) electrons. The second-order valence-corrected chi connectivity index (χ2v) is 9.24. The average Bonchev–Trinajstić information content (AvgIpc) is 2.81. The summed E-state index contributed by atoms with van der Waals surface area (Å²) in [6.07, 6.45) is 1.16. The summed E-state index contributed by atoms with van der Waals surface area (Å²) in [6.45, 7) is 7.32. The van der Waals surface area contributed by atoms with E-state index in [-0.39, 0.29) is 17.9 Å². The van der Waals surface area contributed by atoms with Crippen LogP contribution in [0.2, 0.25) is 0 Å². The van der Waals surface area contributed by atoms with Crippen LogP contribution in [0.1, 0.15) is 44.7 Å². The molecule has 1 unspecified atom stereocenters. The minimum Gasteiger partial charge on any atom is -0.493 e. The lowest BCUT2D eigenvalue weighted by molar-refractivity contribution is -0.126. The minimum absolute atomic E-state index is 0.0633. The van der Waals surface area contributed by atoms with E-state index < -0.39 is 5.60 Å². The predicted octanol–water partition coefficient (Wildman–Crippen LogP) is 4.54. The number of amides is 2. The molecule has 7 nitrogen and oxygen atoms in total. The van der Waals surface area contributed by atoms with Crippen LogP contribution in [0.3, 0.4) is 0 Å². The van der Waals surface area contributed by atoms with Crippen molar-refractivity contribution in [3.8, 4) is 11.5 Å². The van der Waals surface area contributed by atoms with Crippen molar-refractivity contribution in [3.63, 3.8) is 0 Å². The third-order valence-corrected chi connectivity index (χ3v) is 5.38. The van der Waals surface area contributed by atoms with E-state index in [1.807, 2.05) is 69.3 Å². The third kappa shape index (κ3) is 7.41. The molecule has 2 amide bonds. The van der Waals surface area contributed by atoms with Crippen molar-refractivity contribution in [1.29, 1.82) is 0 Å². The van der Waals surface area contributed by atoms with E-state index in [1.165, 1.54) is 0 Å². The van der Waals surface area contributed by atoms with Crippen molar-refractivity contribution in [3.05, 3.63) is 59.7 Å². The van der Waals surface area contributed by atoms with Gasteiger partial charge < -0.3 is 24.4 Å². The highest BCUT2D eigenvalue weighted by atomic mass is 16.6. The maximum atomic E-state index is 12.8. The van der Waals surface area contributed by atoms with Gasteiger partial charge in [-0.2, -0.15) is 0 Å². The van der Waals surface area contributed by atoms with Crippen LogP contribution >= 0.6 is 0 Å². The number of nitrogens with zero attached hydrogens (tertiary/aromatic N) is 1. The van der Waals surface area contributed by atoms with E-state index in [2.05, 4.69) is 5.32 Å². The molecule has 178 valence electrons. The summed E-state index contributed by atoms with van der Waals surface area (Å²) >= 11 is 0. The van der Waals surface area contributed by atoms with E-state index in [1.54, 1.807) is 12.0 Å². The van der Waals surface area contributed by atoms with Crippen LogP contribution in [-0.4, -0.2) is 42.7 Å². The van der Waals surface area contributed by atoms with E-state index in [9.17, 15) is 9.59 Å². The van der Waals surface area contributed by atoms with E-state index in [0.29, 0.717) is 37.7 Å². The van der Waals surface area contributed by atoms with Gasteiger partial charge in [-0.3, -0.25) is 4.79 Å². The van der Waals surface area contributed by atoms with Crippen LogP contribution in [0.25, 0.3) is 0 Å². The maximum absolute atomic E-state index is 12.8. The van der Waals surface area contributed by atoms with Gasteiger partial charge in [-0.25, -0.2) is 4.79 Å². The van der Waals surface area contributed by atoms with Crippen LogP contribution in [0.15, 0.2) is 48.5 Å². The highest BCUT2D eigenvalue weighted by Gasteiger charge is 2.30. The highest BCUT2D eigenvalue weighted by Crippen LogP contribution is 2.29. The normalized spacial score (nSPS) is 16.1. The van der Waals surface area contributed by atoms with Gasteiger partial charge in [-0.1, -0.05) is 36.4 Å². The smallest absolute Gasteiger partial charge is 0.410 e. The maximum Gasteiger partial charge on any atom is 0.410 e. The monoisotopic (exact) mass is 454 g/mol. The number of benzene rings is 2. The van der Waals surface area contributed by atoms with Gasteiger partial charge in [0.2, 0.25) is 5.91 Å². The number of likely N-dealkylation sites (tertiary alicyclic amines) is 1. The van der Waals surface area contributed by atoms with Crippen LogP contribution in [-0.2, 0) is 22.7 Å². The van der Waals surface area contributed by atoms with Crippen LogP contribution in [0.4, 0.5) is 4.79 Å². The van der Waals surface area contributed by atoms with Gasteiger partial charge in [0.1, 0.15) is 12.2 Å². The molecule has 1 heterocycles. The molecule has 1 aliphatic rings. The second-order valence-electron chi connectivity index (χ2n) is 9.24. The number of carbonyl (C=O) groups is 2. The van der Waals surface area contributed by atoms with Crippen LogP contribution in [0, 0.1) is 5.92 Å². The van der Waals surface area contributed by atoms with E-state index in [4.69, 9.17) is 14.2 Å². The van der Waals surface area contributed by atoms with Gasteiger partial charge in [0.05, 0.1) is 13.0 Å². The molecular weight excluding hydrogens is 420 g/mol. The highest BCUT2D eigenvalue weighted by molar-refractivity contribution is 5.80. The Balaban J connectivity index is 1.53. The Morgan fingerprint density at radius 3 is 2.52 bits per heavy atom. The number of methoxy groups -OCH3 is 1. The summed E-state index contributed by atoms with van der Waals surface area (Å²) in [6, 6.07) is 15.6. The van der Waals surface area contributed by atoms with Gasteiger partial charge in [-0.15, -0.1) is 0 Å². The Hall–Kier alpha value is -3.22. The number of nitrogens with one attached hydrogen (secondary N) is 1. The first-order chi connectivity index (χ1) is 15.7. The van der Waals surface area contributed by atoms with Gasteiger partial charge in [0, 0.05) is 19.6 Å². The Kier molecular flexibility index (Phi) is 8.20.